The molecule has 1 atom stereocenters. The topological polar surface area (TPSA) is 70.8 Å². The average molecular weight is 387 g/mol. The van der Waals surface area contributed by atoms with E-state index in [1.807, 2.05) is 0 Å². The van der Waals surface area contributed by atoms with Crippen LogP contribution in [-0.2, 0) is 4.79 Å². The molecule has 2 aromatic heterocycles. The molecule has 1 aliphatic rings. The summed E-state index contributed by atoms with van der Waals surface area (Å²) in [6.07, 6.45) is 1.29. The Balaban J connectivity index is 1.89. The van der Waals surface area contributed by atoms with Gasteiger partial charge >= 0.3 is 0 Å². The number of benzene rings is 1. The van der Waals surface area contributed by atoms with Crippen molar-refractivity contribution >= 4 is 28.7 Å². The van der Waals surface area contributed by atoms with E-state index in [1.165, 1.54) is 29.7 Å². The standard InChI is InChI=1S/C19H11F2NO4S/c20-10-5-6-12(11(21)9-10)22-16(14-4-2-8-27-14)15(18(24)19(22)25)17(23)13-3-1-7-26-13/h1-9,16,24H. The van der Waals surface area contributed by atoms with Crippen LogP contribution in [0.4, 0.5) is 14.5 Å². The Bertz CT molecular complexity index is 1060. The molecule has 0 spiro atoms. The molecule has 136 valence electrons. The van der Waals surface area contributed by atoms with Crippen LogP contribution in [0.3, 0.4) is 0 Å². The highest BCUT2D eigenvalue weighted by atomic mass is 32.1. The Morgan fingerprint density at radius 1 is 1.19 bits per heavy atom. The fraction of sp³-hybridized carbons (Fsp3) is 0.0526. The predicted octanol–water partition coefficient (Wildman–Crippen LogP) is 4.40. The van der Waals surface area contributed by atoms with E-state index < -0.39 is 35.1 Å². The van der Waals surface area contributed by atoms with Crippen LogP contribution in [0, 0.1) is 11.6 Å². The van der Waals surface area contributed by atoms with E-state index in [1.54, 1.807) is 17.5 Å². The zero-order valence-corrected chi connectivity index (χ0v) is 14.4. The number of thiophene rings is 1. The van der Waals surface area contributed by atoms with Crippen molar-refractivity contribution in [3.63, 3.8) is 0 Å². The van der Waals surface area contributed by atoms with Gasteiger partial charge in [0.05, 0.1) is 17.5 Å². The third kappa shape index (κ3) is 2.74. The van der Waals surface area contributed by atoms with Crippen LogP contribution in [0.1, 0.15) is 21.5 Å². The quantitative estimate of drug-likeness (QED) is 0.674. The summed E-state index contributed by atoms with van der Waals surface area (Å²) in [6, 6.07) is 7.93. The Hall–Kier alpha value is -3.26. The molecule has 0 fully saturated rings. The van der Waals surface area contributed by atoms with Crippen molar-refractivity contribution in [2.24, 2.45) is 0 Å². The van der Waals surface area contributed by atoms with E-state index in [2.05, 4.69) is 0 Å². The van der Waals surface area contributed by atoms with Gasteiger partial charge in [0.25, 0.3) is 5.91 Å². The number of furan rings is 1. The lowest BCUT2D eigenvalue weighted by atomic mass is 10.00. The van der Waals surface area contributed by atoms with E-state index in [0.717, 1.165) is 17.0 Å². The van der Waals surface area contributed by atoms with Gasteiger partial charge in [-0.25, -0.2) is 8.78 Å². The fourth-order valence-electron chi connectivity index (χ4n) is 3.02. The molecule has 1 amide bonds. The lowest BCUT2D eigenvalue weighted by Gasteiger charge is -2.25. The molecule has 3 heterocycles. The summed E-state index contributed by atoms with van der Waals surface area (Å²) in [6.45, 7) is 0. The van der Waals surface area contributed by atoms with Gasteiger partial charge < -0.3 is 9.52 Å². The highest BCUT2D eigenvalue weighted by molar-refractivity contribution is 7.10. The summed E-state index contributed by atoms with van der Waals surface area (Å²) in [7, 11) is 0. The predicted molar refractivity (Wildman–Crippen MR) is 93.6 cm³/mol. The molecule has 0 saturated heterocycles. The lowest BCUT2D eigenvalue weighted by Crippen LogP contribution is -2.31. The van der Waals surface area contributed by atoms with Gasteiger partial charge in [0, 0.05) is 10.9 Å². The number of aliphatic hydroxyl groups excluding tert-OH is 1. The minimum atomic E-state index is -1.06. The molecule has 1 aromatic carbocycles. The second-order valence-electron chi connectivity index (χ2n) is 5.76. The van der Waals surface area contributed by atoms with Gasteiger partial charge in [-0.15, -0.1) is 11.3 Å². The molecular formula is C19H11F2NO4S. The lowest BCUT2D eigenvalue weighted by molar-refractivity contribution is -0.117. The van der Waals surface area contributed by atoms with E-state index in [0.29, 0.717) is 10.9 Å². The van der Waals surface area contributed by atoms with Gasteiger partial charge in [-0.05, 0) is 35.7 Å². The minimum Gasteiger partial charge on any atom is -0.503 e. The molecule has 5 nitrogen and oxygen atoms in total. The van der Waals surface area contributed by atoms with Gasteiger partial charge in [-0.2, -0.15) is 0 Å². The molecule has 3 aromatic rings. The van der Waals surface area contributed by atoms with Gasteiger partial charge in [-0.1, -0.05) is 6.07 Å². The number of Topliss-reactive ketones (excluding diaryl/α,β-unsaturated/α-hetero) is 1. The number of ketones is 1. The van der Waals surface area contributed by atoms with Crippen molar-refractivity contribution in [3.05, 3.63) is 87.7 Å². The fourth-order valence-corrected chi connectivity index (χ4v) is 3.84. The molecule has 1 N–H and O–H groups in total. The first-order chi connectivity index (χ1) is 13.0. The third-order valence-electron chi connectivity index (χ3n) is 4.18. The van der Waals surface area contributed by atoms with Crippen molar-refractivity contribution in [3.8, 4) is 0 Å². The van der Waals surface area contributed by atoms with Crippen molar-refractivity contribution in [2.75, 3.05) is 4.90 Å². The summed E-state index contributed by atoms with van der Waals surface area (Å²) in [5.74, 6) is -4.28. The average Bonchev–Trinajstić information content (AvgIpc) is 3.38. The van der Waals surface area contributed by atoms with E-state index in [4.69, 9.17) is 4.42 Å². The highest BCUT2D eigenvalue weighted by Gasteiger charge is 2.46. The van der Waals surface area contributed by atoms with Gasteiger partial charge in [0.1, 0.15) is 17.7 Å². The van der Waals surface area contributed by atoms with Crippen LogP contribution in [0.25, 0.3) is 0 Å². The number of hydrogen-bond acceptors (Lipinski definition) is 5. The smallest absolute Gasteiger partial charge is 0.294 e. The first-order valence-corrected chi connectivity index (χ1v) is 8.70. The number of nitrogens with zero attached hydrogens (tertiary/aromatic N) is 1. The number of halogens is 2. The number of anilines is 1. The molecule has 0 aliphatic carbocycles. The van der Waals surface area contributed by atoms with Crippen molar-refractivity contribution in [1.82, 2.24) is 0 Å². The van der Waals surface area contributed by atoms with E-state index >= 15 is 0 Å². The maximum Gasteiger partial charge on any atom is 0.294 e. The van der Waals surface area contributed by atoms with Crippen molar-refractivity contribution in [1.29, 1.82) is 0 Å². The molecule has 1 aliphatic heterocycles. The van der Waals surface area contributed by atoms with Crippen LogP contribution in [0.15, 0.2) is 69.9 Å². The zero-order valence-electron chi connectivity index (χ0n) is 13.6. The first-order valence-electron chi connectivity index (χ1n) is 7.82. The van der Waals surface area contributed by atoms with E-state index in [-0.39, 0.29) is 17.0 Å². The summed E-state index contributed by atoms with van der Waals surface area (Å²) in [4.78, 5) is 27.0. The number of aliphatic hydroxyl groups is 1. The molecule has 8 heteroatoms. The molecule has 0 radical (unpaired) electrons. The highest BCUT2D eigenvalue weighted by Crippen LogP contribution is 2.44. The number of hydrogen-bond donors (Lipinski definition) is 1. The summed E-state index contributed by atoms with van der Waals surface area (Å²) in [5.41, 5.74) is -0.463. The number of rotatable bonds is 4. The largest absolute Gasteiger partial charge is 0.503 e. The second kappa shape index (κ2) is 6.48. The van der Waals surface area contributed by atoms with Gasteiger partial charge in [-0.3, -0.25) is 14.5 Å². The van der Waals surface area contributed by atoms with E-state index in [9.17, 15) is 23.5 Å². The Morgan fingerprint density at radius 3 is 2.63 bits per heavy atom. The summed E-state index contributed by atoms with van der Waals surface area (Å²) < 4.78 is 32.8. The SMILES string of the molecule is O=C(C1=C(O)C(=O)N(c2ccc(F)cc2F)C1c1cccs1)c1ccco1. The Morgan fingerprint density at radius 2 is 2.00 bits per heavy atom. The summed E-state index contributed by atoms with van der Waals surface area (Å²) in [5, 5.41) is 12.1. The molecule has 27 heavy (non-hydrogen) atoms. The maximum absolute atomic E-state index is 14.4. The second-order valence-corrected chi connectivity index (χ2v) is 6.74. The maximum atomic E-state index is 14.4. The van der Waals surface area contributed by atoms with Crippen molar-refractivity contribution in [2.45, 2.75) is 6.04 Å². The molecule has 1 unspecified atom stereocenters. The molecule has 0 bridgehead atoms. The minimum absolute atomic E-state index is 0.0627. The van der Waals surface area contributed by atoms with Gasteiger partial charge in [0.15, 0.2) is 11.5 Å². The summed E-state index contributed by atoms with van der Waals surface area (Å²) >= 11 is 1.23. The third-order valence-corrected chi connectivity index (χ3v) is 5.10. The monoisotopic (exact) mass is 387 g/mol. The Labute approximate surface area is 155 Å². The molecular weight excluding hydrogens is 376 g/mol. The van der Waals surface area contributed by atoms with Crippen LogP contribution < -0.4 is 4.90 Å². The molecule has 0 saturated carbocycles. The van der Waals surface area contributed by atoms with Crippen LogP contribution >= 0.6 is 11.3 Å². The van der Waals surface area contributed by atoms with Crippen LogP contribution in [0.2, 0.25) is 0 Å². The van der Waals surface area contributed by atoms with Gasteiger partial charge in [0.2, 0.25) is 5.78 Å². The first kappa shape index (κ1) is 17.2. The molecule has 4 rings (SSSR count). The number of amides is 1. The number of carbonyl (C=O) groups is 2. The van der Waals surface area contributed by atoms with Crippen molar-refractivity contribution < 1.29 is 27.9 Å². The number of carbonyl (C=O) groups excluding carboxylic acids is 2. The van der Waals surface area contributed by atoms with Crippen LogP contribution in [0.5, 0.6) is 0 Å². The van der Waals surface area contributed by atoms with Crippen LogP contribution in [-0.4, -0.2) is 16.8 Å². The Kier molecular flexibility index (Phi) is 4.12. The normalized spacial score (nSPS) is 17.0. The zero-order chi connectivity index (χ0) is 19.1.